The molecule has 1 aliphatic rings. The number of Topliss-reactive ketones (excluding diaryl/α,β-unsaturated/α-hetero) is 1. The fourth-order valence-electron chi connectivity index (χ4n) is 2.67. The maximum absolute atomic E-state index is 12.6. The number of hydrogen-bond acceptors (Lipinski definition) is 3. The number of hydrogen-bond donors (Lipinski definition) is 0. The summed E-state index contributed by atoms with van der Waals surface area (Å²) < 4.78 is 0. The van der Waals surface area contributed by atoms with E-state index in [4.69, 9.17) is 0 Å². The van der Waals surface area contributed by atoms with Crippen LogP contribution in [-0.4, -0.2) is 10.8 Å². The van der Waals surface area contributed by atoms with Crippen molar-refractivity contribution >= 4 is 17.1 Å². The molecule has 2 aromatic heterocycles. The topological polar surface area (TPSA) is 30.0 Å². The first-order valence-electron chi connectivity index (χ1n) is 6.28. The number of ketones is 1. The van der Waals surface area contributed by atoms with Crippen molar-refractivity contribution in [2.75, 3.05) is 0 Å². The molecule has 0 amide bonds. The van der Waals surface area contributed by atoms with Gasteiger partial charge in [0, 0.05) is 28.8 Å². The monoisotopic (exact) mass is 257 g/mol. The highest BCUT2D eigenvalue weighted by Crippen LogP contribution is 2.37. The number of pyridine rings is 1. The summed E-state index contributed by atoms with van der Waals surface area (Å²) in [6.07, 6.45) is 6.66. The third-order valence-corrected chi connectivity index (χ3v) is 4.67. The van der Waals surface area contributed by atoms with Crippen LogP contribution in [0.25, 0.3) is 0 Å². The Bertz CT molecular complexity index is 588. The molecule has 1 atom stereocenters. The zero-order valence-electron chi connectivity index (χ0n) is 10.3. The lowest BCUT2D eigenvalue weighted by Crippen LogP contribution is -2.18. The summed E-state index contributed by atoms with van der Waals surface area (Å²) in [6, 6.07) is 4.03. The lowest BCUT2D eigenvalue weighted by molar-refractivity contribution is 0.0950. The number of aromatic nitrogens is 1. The van der Waals surface area contributed by atoms with E-state index < -0.39 is 0 Å². The van der Waals surface area contributed by atoms with Crippen LogP contribution in [0.5, 0.6) is 0 Å². The van der Waals surface area contributed by atoms with Crippen molar-refractivity contribution in [1.82, 2.24) is 4.98 Å². The van der Waals surface area contributed by atoms with E-state index in [1.54, 1.807) is 23.7 Å². The predicted octanol–water partition coefficient (Wildman–Crippen LogP) is 3.75. The number of nitrogens with zero attached hydrogens (tertiary/aromatic N) is 1. The van der Waals surface area contributed by atoms with Gasteiger partial charge in [0.15, 0.2) is 5.78 Å². The molecule has 1 aliphatic carbocycles. The normalized spacial score (nSPS) is 18.4. The highest BCUT2D eigenvalue weighted by molar-refractivity contribution is 7.10. The lowest BCUT2D eigenvalue weighted by atomic mass is 9.82. The minimum absolute atomic E-state index is 0.0444. The van der Waals surface area contributed by atoms with E-state index >= 15 is 0 Å². The van der Waals surface area contributed by atoms with Gasteiger partial charge in [0.25, 0.3) is 0 Å². The largest absolute Gasteiger partial charge is 0.293 e. The van der Waals surface area contributed by atoms with E-state index in [1.165, 1.54) is 10.4 Å². The Morgan fingerprint density at radius 1 is 1.44 bits per heavy atom. The first-order chi connectivity index (χ1) is 8.77. The van der Waals surface area contributed by atoms with Gasteiger partial charge in [-0.2, -0.15) is 0 Å². The minimum Gasteiger partial charge on any atom is -0.293 e. The summed E-state index contributed by atoms with van der Waals surface area (Å²) in [7, 11) is 0. The summed E-state index contributed by atoms with van der Waals surface area (Å²) in [5.41, 5.74) is 3.05. The minimum atomic E-state index is 0.0444. The van der Waals surface area contributed by atoms with Gasteiger partial charge in [0.2, 0.25) is 0 Å². The second-order valence-corrected chi connectivity index (χ2v) is 5.80. The third-order valence-electron chi connectivity index (χ3n) is 3.67. The van der Waals surface area contributed by atoms with Gasteiger partial charge >= 0.3 is 0 Å². The highest BCUT2D eigenvalue weighted by atomic mass is 32.1. The average Bonchev–Trinajstić information content (AvgIpc) is 2.86. The van der Waals surface area contributed by atoms with Crippen LogP contribution in [0.2, 0.25) is 0 Å². The second kappa shape index (κ2) is 4.65. The SMILES string of the molecule is Cc1ccncc1C(=O)C1CCCc2sccc21. The van der Waals surface area contributed by atoms with Crippen LogP contribution in [0.3, 0.4) is 0 Å². The van der Waals surface area contributed by atoms with Crippen LogP contribution in [0.1, 0.15) is 45.1 Å². The molecule has 0 aromatic carbocycles. The summed E-state index contributed by atoms with van der Waals surface area (Å²) in [5.74, 6) is 0.280. The molecular weight excluding hydrogens is 242 g/mol. The summed E-state index contributed by atoms with van der Waals surface area (Å²) in [6.45, 7) is 1.98. The summed E-state index contributed by atoms with van der Waals surface area (Å²) >= 11 is 1.78. The smallest absolute Gasteiger partial charge is 0.172 e. The van der Waals surface area contributed by atoms with Gasteiger partial charge in [-0.25, -0.2) is 0 Å². The van der Waals surface area contributed by atoms with Crippen LogP contribution in [0.15, 0.2) is 29.9 Å². The van der Waals surface area contributed by atoms with Gasteiger partial charge in [-0.05, 0) is 54.8 Å². The second-order valence-electron chi connectivity index (χ2n) is 4.80. The van der Waals surface area contributed by atoms with Crippen molar-refractivity contribution in [3.63, 3.8) is 0 Å². The van der Waals surface area contributed by atoms with Crippen molar-refractivity contribution in [3.8, 4) is 0 Å². The maximum atomic E-state index is 12.6. The zero-order valence-corrected chi connectivity index (χ0v) is 11.2. The van der Waals surface area contributed by atoms with Crippen molar-refractivity contribution in [2.24, 2.45) is 0 Å². The fraction of sp³-hybridized carbons (Fsp3) is 0.333. The molecule has 0 aliphatic heterocycles. The molecule has 0 spiro atoms. The van der Waals surface area contributed by atoms with Crippen LogP contribution >= 0.6 is 11.3 Å². The Balaban J connectivity index is 1.98. The van der Waals surface area contributed by atoms with Gasteiger partial charge in [-0.15, -0.1) is 11.3 Å². The average molecular weight is 257 g/mol. The highest BCUT2D eigenvalue weighted by Gasteiger charge is 2.28. The molecule has 3 rings (SSSR count). The lowest BCUT2D eigenvalue weighted by Gasteiger charge is -2.21. The van der Waals surface area contributed by atoms with Crippen LogP contribution in [0.4, 0.5) is 0 Å². The van der Waals surface area contributed by atoms with Crippen LogP contribution in [0, 0.1) is 6.92 Å². The molecule has 2 heterocycles. The number of rotatable bonds is 2. The Morgan fingerprint density at radius 3 is 3.17 bits per heavy atom. The van der Waals surface area contributed by atoms with Crippen LogP contribution in [-0.2, 0) is 6.42 Å². The molecule has 0 radical (unpaired) electrons. The number of fused-ring (bicyclic) bond motifs is 1. The first-order valence-corrected chi connectivity index (χ1v) is 7.16. The van der Waals surface area contributed by atoms with Gasteiger partial charge in [-0.1, -0.05) is 0 Å². The quantitative estimate of drug-likeness (QED) is 0.767. The van der Waals surface area contributed by atoms with E-state index in [2.05, 4.69) is 16.4 Å². The Labute approximate surface area is 111 Å². The predicted molar refractivity (Wildman–Crippen MR) is 73.3 cm³/mol. The molecule has 92 valence electrons. The summed E-state index contributed by atoms with van der Waals surface area (Å²) in [4.78, 5) is 18.1. The number of thiophene rings is 1. The van der Waals surface area contributed by atoms with Gasteiger partial charge in [0.05, 0.1) is 0 Å². The van der Waals surface area contributed by atoms with Crippen LogP contribution < -0.4 is 0 Å². The van der Waals surface area contributed by atoms with Crippen molar-refractivity contribution in [1.29, 1.82) is 0 Å². The molecule has 0 saturated carbocycles. The molecule has 18 heavy (non-hydrogen) atoms. The van der Waals surface area contributed by atoms with Gasteiger partial charge in [0.1, 0.15) is 0 Å². The fourth-order valence-corrected chi connectivity index (χ4v) is 3.66. The molecule has 2 aromatic rings. The molecule has 0 fully saturated rings. The Kier molecular flexibility index (Phi) is 3.00. The Morgan fingerprint density at radius 2 is 2.33 bits per heavy atom. The molecule has 2 nitrogen and oxygen atoms in total. The molecule has 1 unspecified atom stereocenters. The van der Waals surface area contributed by atoms with E-state index in [0.29, 0.717) is 0 Å². The maximum Gasteiger partial charge on any atom is 0.172 e. The van der Waals surface area contributed by atoms with E-state index in [9.17, 15) is 4.79 Å². The third kappa shape index (κ3) is 1.89. The van der Waals surface area contributed by atoms with Crippen molar-refractivity contribution in [3.05, 3.63) is 51.5 Å². The van der Waals surface area contributed by atoms with E-state index in [-0.39, 0.29) is 11.7 Å². The van der Waals surface area contributed by atoms with Gasteiger partial charge in [-0.3, -0.25) is 9.78 Å². The molecule has 0 N–H and O–H groups in total. The van der Waals surface area contributed by atoms with E-state index in [0.717, 1.165) is 30.4 Å². The standard InChI is InChI=1S/C15H15NOS/c1-10-5-7-16-9-13(10)15(17)12-3-2-4-14-11(12)6-8-18-14/h5-9,12H,2-4H2,1H3. The number of carbonyl (C=O) groups excluding carboxylic acids is 1. The van der Waals surface area contributed by atoms with Gasteiger partial charge < -0.3 is 0 Å². The van der Waals surface area contributed by atoms with E-state index in [1.807, 2.05) is 13.0 Å². The number of aryl methyl sites for hydroxylation is 2. The summed E-state index contributed by atoms with van der Waals surface area (Å²) in [5, 5.41) is 2.10. The molecule has 3 heteroatoms. The molecule has 0 bridgehead atoms. The zero-order chi connectivity index (χ0) is 12.5. The number of carbonyl (C=O) groups is 1. The molecular formula is C15H15NOS. The molecule has 0 saturated heterocycles. The van der Waals surface area contributed by atoms with Crippen molar-refractivity contribution in [2.45, 2.75) is 32.1 Å². The first kappa shape index (κ1) is 11.6. The van der Waals surface area contributed by atoms with Crippen molar-refractivity contribution < 1.29 is 4.79 Å². The Hall–Kier alpha value is -1.48.